The number of nitrogens with zero attached hydrogens (tertiary/aromatic N) is 2. The van der Waals surface area contributed by atoms with Crippen LogP contribution in [-0.4, -0.2) is 23.8 Å². The van der Waals surface area contributed by atoms with Crippen molar-refractivity contribution in [3.63, 3.8) is 0 Å². The number of benzene rings is 2. The molecule has 2 aromatic rings. The Morgan fingerprint density at radius 2 is 0.933 bits per heavy atom. The number of carboxylic acid groups (broad SMARTS) is 2. The Balaban J connectivity index is 1.86. The maximum atomic E-state index is 11.6. The van der Waals surface area contributed by atoms with E-state index >= 15 is 0 Å². The molecule has 0 heterocycles. The monoisotopic (exact) mass is 410 g/mol. The van der Waals surface area contributed by atoms with Crippen LogP contribution < -0.4 is 20.8 Å². The molecule has 0 spiro atoms. The maximum absolute atomic E-state index is 11.6. The third kappa shape index (κ3) is 8.30. The Morgan fingerprint density at radius 1 is 0.600 bits per heavy atom. The molecule has 2 amide bonds. The lowest BCUT2D eigenvalue weighted by Gasteiger charge is -2.06. The first-order valence-corrected chi connectivity index (χ1v) is 8.93. The Bertz CT molecular complexity index is 861. The minimum atomic E-state index is -1.29. The van der Waals surface area contributed by atoms with Gasteiger partial charge in [0, 0.05) is 36.2 Å². The van der Waals surface area contributed by atoms with Crippen molar-refractivity contribution in [3.05, 3.63) is 48.5 Å². The molecule has 10 nitrogen and oxygen atoms in total. The molecule has 156 valence electrons. The number of anilines is 2. The highest BCUT2D eigenvalue weighted by atomic mass is 16.4. The number of carboxylic acids is 2. The zero-order chi connectivity index (χ0) is 21.9. The fraction of sp³-hybridized carbons (Fsp3) is 0.200. The molecular formula is C20H18N4O6-2. The molecule has 0 atom stereocenters. The molecule has 30 heavy (non-hydrogen) atoms. The Kier molecular flexibility index (Phi) is 8.18. The fourth-order valence-corrected chi connectivity index (χ4v) is 2.22. The van der Waals surface area contributed by atoms with Gasteiger partial charge in [-0.15, -0.1) is 0 Å². The molecule has 0 aliphatic heterocycles. The summed E-state index contributed by atoms with van der Waals surface area (Å²) in [5, 5.41) is 34.0. The van der Waals surface area contributed by atoms with Crippen molar-refractivity contribution in [3.8, 4) is 0 Å². The molecule has 0 unspecified atom stereocenters. The summed E-state index contributed by atoms with van der Waals surface area (Å²) in [6.45, 7) is 0. The van der Waals surface area contributed by atoms with E-state index in [1.165, 1.54) is 0 Å². The van der Waals surface area contributed by atoms with Gasteiger partial charge >= 0.3 is 0 Å². The first-order chi connectivity index (χ1) is 14.3. The summed E-state index contributed by atoms with van der Waals surface area (Å²) < 4.78 is 0. The SMILES string of the molecule is O=C([O-])CCC(=O)Nc1ccc(N=Nc2ccc(NC(=O)CCC(=O)[O-])cc2)cc1. The molecule has 2 N–H and O–H groups in total. The second kappa shape index (κ2) is 11.1. The molecule has 0 aromatic heterocycles. The van der Waals surface area contributed by atoms with Gasteiger partial charge in [-0.25, -0.2) is 0 Å². The van der Waals surface area contributed by atoms with Crippen LogP contribution >= 0.6 is 0 Å². The number of aliphatic carboxylic acids is 2. The van der Waals surface area contributed by atoms with Gasteiger partial charge in [0.1, 0.15) is 0 Å². The highest BCUT2D eigenvalue weighted by Crippen LogP contribution is 2.22. The van der Waals surface area contributed by atoms with E-state index in [-0.39, 0.29) is 25.7 Å². The lowest BCUT2D eigenvalue weighted by atomic mass is 10.2. The van der Waals surface area contributed by atoms with E-state index in [0.29, 0.717) is 22.7 Å². The summed E-state index contributed by atoms with van der Waals surface area (Å²) in [6, 6.07) is 12.9. The van der Waals surface area contributed by atoms with Gasteiger partial charge in [-0.1, -0.05) is 0 Å². The van der Waals surface area contributed by atoms with Crippen LogP contribution in [0.1, 0.15) is 25.7 Å². The molecule has 0 fully saturated rings. The van der Waals surface area contributed by atoms with E-state index in [1.54, 1.807) is 48.5 Å². The van der Waals surface area contributed by atoms with Crippen molar-refractivity contribution >= 4 is 46.5 Å². The number of carbonyl (C=O) groups is 4. The molecule has 0 aliphatic rings. The molecule has 0 bridgehead atoms. The maximum Gasteiger partial charge on any atom is 0.224 e. The average Bonchev–Trinajstić information content (AvgIpc) is 2.71. The van der Waals surface area contributed by atoms with E-state index in [9.17, 15) is 29.4 Å². The number of rotatable bonds is 10. The zero-order valence-electron chi connectivity index (χ0n) is 15.8. The van der Waals surface area contributed by atoms with Gasteiger partial charge in [-0.3, -0.25) is 9.59 Å². The topological polar surface area (TPSA) is 163 Å². The van der Waals surface area contributed by atoms with Crippen molar-refractivity contribution in [2.75, 3.05) is 10.6 Å². The second-order valence-electron chi connectivity index (χ2n) is 6.13. The number of nitrogens with one attached hydrogen (secondary N) is 2. The number of hydrogen-bond donors (Lipinski definition) is 2. The Hall–Kier alpha value is -4.08. The van der Waals surface area contributed by atoms with E-state index < -0.39 is 23.8 Å². The van der Waals surface area contributed by atoms with Crippen molar-refractivity contribution in [1.82, 2.24) is 0 Å². The second-order valence-corrected chi connectivity index (χ2v) is 6.13. The highest BCUT2D eigenvalue weighted by Gasteiger charge is 2.04. The summed E-state index contributed by atoms with van der Waals surface area (Å²) in [6.07, 6.45) is -1.03. The van der Waals surface area contributed by atoms with Gasteiger partial charge in [0.15, 0.2) is 0 Å². The molecule has 0 aliphatic carbocycles. The standard InChI is InChI=1S/C20H20N4O6/c25-17(9-11-19(27)28)21-13-1-5-15(6-2-13)23-24-16-7-3-14(4-8-16)22-18(26)10-12-20(29)30/h1-8H,9-12H2,(H,21,25)(H,22,26)(H,27,28)(H,29,30)/p-2. The van der Waals surface area contributed by atoms with Crippen LogP contribution in [0.2, 0.25) is 0 Å². The van der Waals surface area contributed by atoms with Crippen molar-refractivity contribution in [2.24, 2.45) is 10.2 Å². The zero-order valence-corrected chi connectivity index (χ0v) is 15.8. The quantitative estimate of drug-likeness (QED) is 0.556. The minimum absolute atomic E-state index is 0.170. The summed E-state index contributed by atoms with van der Waals surface area (Å²) in [7, 11) is 0. The molecule has 2 aromatic carbocycles. The van der Waals surface area contributed by atoms with E-state index in [0.717, 1.165) is 0 Å². The largest absolute Gasteiger partial charge is 0.550 e. The fourth-order valence-electron chi connectivity index (χ4n) is 2.22. The number of carbonyl (C=O) groups excluding carboxylic acids is 4. The predicted octanol–water partition coefficient (Wildman–Crippen LogP) is 1.04. The van der Waals surface area contributed by atoms with Crippen LogP contribution in [0.3, 0.4) is 0 Å². The van der Waals surface area contributed by atoms with E-state index in [4.69, 9.17) is 0 Å². The van der Waals surface area contributed by atoms with Crippen molar-refractivity contribution in [1.29, 1.82) is 0 Å². The predicted molar refractivity (Wildman–Crippen MR) is 103 cm³/mol. The molecule has 0 saturated carbocycles. The van der Waals surface area contributed by atoms with Crippen LogP contribution in [-0.2, 0) is 19.2 Å². The smallest absolute Gasteiger partial charge is 0.224 e. The summed E-state index contributed by atoms with van der Waals surface area (Å²) in [4.78, 5) is 43.8. The summed E-state index contributed by atoms with van der Waals surface area (Å²) in [5.41, 5.74) is 2.05. The number of amides is 2. The molecule has 0 radical (unpaired) electrons. The number of hydrogen-bond acceptors (Lipinski definition) is 8. The van der Waals surface area contributed by atoms with Crippen LogP contribution in [0.5, 0.6) is 0 Å². The minimum Gasteiger partial charge on any atom is -0.550 e. The van der Waals surface area contributed by atoms with Crippen LogP contribution in [0.25, 0.3) is 0 Å². The van der Waals surface area contributed by atoms with Crippen molar-refractivity contribution in [2.45, 2.75) is 25.7 Å². The normalized spacial score (nSPS) is 10.5. The molecule has 10 heteroatoms. The molecule has 2 rings (SSSR count). The van der Waals surface area contributed by atoms with E-state index in [1.807, 2.05) is 0 Å². The van der Waals surface area contributed by atoms with Gasteiger partial charge in [-0.2, -0.15) is 10.2 Å². The van der Waals surface area contributed by atoms with Gasteiger partial charge in [0.2, 0.25) is 11.8 Å². The van der Waals surface area contributed by atoms with Crippen LogP contribution in [0.4, 0.5) is 22.7 Å². The Labute approximate surface area is 171 Å². The van der Waals surface area contributed by atoms with Gasteiger partial charge in [-0.05, 0) is 61.4 Å². The van der Waals surface area contributed by atoms with Crippen molar-refractivity contribution < 1.29 is 29.4 Å². The summed E-state index contributed by atoms with van der Waals surface area (Å²) in [5.74, 6) is -3.43. The van der Waals surface area contributed by atoms with Gasteiger partial charge < -0.3 is 30.4 Å². The summed E-state index contributed by atoms with van der Waals surface area (Å²) >= 11 is 0. The van der Waals surface area contributed by atoms with Crippen LogP contribution in [0.15, 0.2) is 58.8 Å². The molecule has 0 saturated heterocycles. The average molecular weight is 410 g/mol. The van der Waals surface area contributed by atoms with Crippen LogP contribution in [0, 0.1) is 0 Å². The van der Waals surface area contributed by atoms with E-state index in [2.05, 4.69) is 20.9 Å². The number of azo groups is 1. The molecular weight excluding hydrogens is 392 g/mol. The van der Waals surface area contributed by atoms with Gasteiger partial charge in [0.05, 0.1) is 11.4 Å². The lowest BCUT2D eigenvalue weighted by Crippen LogP contribution is -2.24. The highest BCUT2D eigenvalue weighted by molar-refractivity contribution is 5.93. The first-order valence-electron chi connectivity index (χ1n) is 8.93. The third-order valence-corrected chi connectivity index (χ3v) is 3.70. The third-order valence-electron chi connectivity index (χ3n) is 3.70. The van der Waals surface area contributed by atoms with Gasteiger partial charge in [0.25, 0.3) is 0 Å². The lowest BCUT2D eigenvalue weighted by molar-refractivity contribution is -0.307. The Morgan fingerprint density at radius 3 is 1.23 bits per heavy atom. The first kappa shape index (κ1) is 22.2.